The highest BCUT2D eigenvalue weighted by Gasteiger charge is 2.21. The van der Waals surface area contributed by atoms with Gasteiger partial charge in [0.15, 0.2) is 15.7 Å². The summed E-state index contributed by atoms with van der Waals surface area (Å²) in [5.41, 5.74) is 0.619. The molecule has 0 fully saturated rings. The van der Waals surface area contributed by atoms with Crippen LogP contribution in [0.3, 0.4) is 0 Å². The molecule has 1 amide bonds. The summed E-state index contributed by atoms with van der Waals surface area (Å²) in [7, 11) is 1.20. The smallest absolute Gasteiger partial charge is 0.257 e. The summed E-state index contributed by atoms with van der Waals surface area (Å²) in [6, 6.07) is 6.27. The number of nitrogens with zero attached hydrogens (tertiary/aromatic N) is 3. The topological polar surface area (TPSA) is 105 Å². The third-order valence-corrected chi connectivity index (χ3v) is 5.34. The Bertz CT molecular complexity index is 834. The molecule has 0 aliphatic rings. The highest BCUT2D eigenvalue weighted by atomic mass is 35.5. The van der Waals surface area contributed by atoms with Crippen LogP contribution in [0.4, 0.5) is 0 Å². The van der Waals surface area contributed by atoms with Crippen molar-refractivity contribution in [3.05, 3.63) is 30.1 Å². The maximum absolute atomic E-state index is 12.2. The molecule has 0 bridgehead atoms. The number of nitrogens with one attached hydrogen (secondary N) is 1. The summed E-state index contributed by atoms with van der Waals surface area (Å²) >= 11 is 0. The zero-order valence-corrected chi connectivity index (χ0v) is 16.7. The lowest BCUT2D eigenvalue weighted by Crippen LogP contribution is -2.29. The minimum Gasteiger partial charge on any atom is -0.348 e. The average Bonchev–Trinajstić information content (AvgIpc) is 3.02. The van der Waals surface area contributed by atoms with Crippen LogP contribution in [0.1, 0.15) is 12.7 Å². The second-order valence-corrected chi connectivity index (χ2v) is 7.97. The Hall–Kier alpha value is -1.97. The zero-order chi connectivity index (χ0) is 18.6. The molecule has 2 aromatic rings. The minimum atomic E-state index is -3.68. The van der Waals surface area contributed by atoms with Crippen molar-refractivity contribution in [1.82, 2.24) is 20.4 Å². The monoisotopic (exact) mass is 402 g/mol. The highest BCUT2D eigenvalue weighted by molar-refractivity contribution is 7.92. The molecule has 0 aliphatic carbocycles. The van der Waals surface area contributed by atoms with E-state index in [1.165, 1.54) is 31.1 Å². The van der Waals surface area contributed by atoms with Gasteiger partial charge >= 0.3 is 0 Å². The van der Waals surface area contributed by atoms with Crippen molar-refractivity contribution in [2.24, 2.45) is 0 Å². The molecule has 10 heteroatoms. The molecule has 2 rings (SSSR count). The first-order valence-electron chi connectivity index (χ1n) is 7.76. The number of rotatable bonds is 7. The predicted octanol–water partition coefficient (Wildman–Crippen LogP) is 1.17. The summed E-state index contributed by atoms with van der Waals surface area (Å²) in [6.07, 6.45) is 0.624. The van der Waals surface area contributed by atoms with Crippen LogP contribution < -0.4 is 5.32 Å². The Balaban J connectivity index is 0.00000338. The fourth-order valence-electron chi connectivity index (χ4n) is 2.01. The maximum atomic E-state index is 12.2. The van der Waals surface area contributed by atoms with E-state index in [4.69, 9.17) is 4.52 Å². The van der Waals surface area contributed by atoms with E-state index in [1.807, 2.05) is 14.0 Å². The van der Waals surface area contributed by atoms with Gasteiger partial charge in [0.05, 0.1) is 4.90 Å². The van der Waals surface area contributed by atoms with Crippen molar-refractivity contribution < 1.29 is 17.7 Å². The molecule has 0 spiro atoms. The van der Waals surface area contributed by atoms with E-state index in [0.29, 0.717) is 23.7 Å². The van der Waals surface area contributed by atoms with Gasteiger partial charge < -0.3 is 14.7 Å². The largest absolute Gasteiger partial charge is 0.348 e. The SMILES string of the molecule is CNC(C)Cc1noc(-c2ccc(S(=O)(=O)CC(=O)N(C)C)cc2)n1.Cl. The van der Waals surface area contributed by atoms with E-state index in [9.17, 15) is 13.2 Å². The fourth-order valence-corrected chi connectivity index (χ4v) is 3.31. The van der Waals surface area contributed by atoms with Crippen molar-refractivity contribution in [2.75, 3.05) is 26.9 Å². The van der Waals surface area contributed by atoms with Crippen LogP contribution in [0.15, 0.2) is 33.7 Å². The van der Waals surface area contributed by atoms with Crippen molar-refractivity contribution in [3.63, 3.8) is 0 Å². The Morgan fingerprint density at radius 1 is 1.27 bits per heavy atom. The summed E-state index contributed by atoms with van der Waals surface area (Å²) in [5, 5.41) is 7.01. The van der Waals surface area contributed by atoms with Crippen molar-refractivity contribution >= 4 is 28.2 Å². The number of halogens is 1. The summed E-state index contributed by atoms with van der Waals surface area (Å²) < 4.78 is 29.7. The minimum absolute atomic E-state index is 0. The Morgan fingerprint density at radius 2 is 1.88 bits per heavy atom. The van der Waals surface area contributed by atoms with Gasteiger partial charge in [-0.3, -0.25) is 4.79 Å². The third kappa shape index (κ3) is 5.52. The molecule has 1 N–H and O–H groups in total. The van der Waals surface area contributed by atoms with Crippen LogP contribution in [0, 0.1) is 0 Å². The van der Waals surface area contributed by atoms with Gasteiger partial charge in [-0.2, -0.15) is 4.98 Å². The Morgan fingerprint density at radius 3 is 2.42 bits per heavy atom. The first-order valence-corrected chi connectivity index (χ1v) is 9.41. The first-order chi connectivity index (χ1) is 11.7. The number of benzene rings is 1. The van der Waals surface area contributed by atoms with E-state index < -0.39 is 21.5 Å². The summed E-state index contributed by atoms with van der Waals surface area (Å²) in [4.78, 5) is 17.3. The fraction of sp³-hybridized carbons (Fsp3) is 0.438. The van der Waals surface area contributed by atoms with E-state index in [0.717, 1.165) is 0 Å². The maximum Gasteiger partial charge on any atom is 0.257 e. The van der Waals surface area contributed by atoms with Gasteiger partial charge in [0.25, 0.3) is 5.89 Å². The molecule has 0 aliphatic heterocycles. The molecule has 1 aromatic heterocycles. The van der Waals surface area contributed by atoms with Gasteiger partial charge in [-0.1, -0.05) is 5.16 Å². The number of carbonyl (C=O) groups is 1. The molecule has 1 unspecified atom stereocenters. The molecule has 144 valence electrons. The Labute approximate surface area is 159 Å². The van der Waals surface area contributed by atoms with Crippen molar-refractivity contribution in [2.45, 2.75) is 24.3 Å². The highest BCUT2D eigenvalue weighted by Crippen LogP contribution is 2.21. The lowest BCUT2D eigenvalue weighted by atomic mass is 10.2. The van der Waals surface area contributed by atoms with E-state index in [1.54, 1.807) is 12.1 Å². The molecule has 26 heavy (non-hydrogen) atoms. The first kappa shape index (κ1) is 22.1. The standard InChI is InChI=1S/C16H22N4O4S.ClH/c1-11(17-2)9-14-18-16(24-19-14)12-5-7-13(8-6-12)25(22,23)10-15(21)20(3)4;/h5-8,11,17H,9-10H2,1-4H3;1H. The van der Waals surface area contributed by atoms with Gasteiger partial charge in [-0.15, -0.1) is 12.4 Å². The van der Waals surface area contributed by atoms with Crippen LogP contribution in [0.2, 0.25) is 0 Å². The van der Waals surface area contributed by atoms with Crippen LogP contribution in [-0.4, -0.2) is 62.3 Å². The van der Waals surface area contributed by atoms with Crippen LogP contribution in [0.25, 0.3) is 11.5 Å². The second kappa shape index (κ2) is 9.11. The molecule has 8 nitrogen and oxygen atoms in total. The second-order valence-electron chi connectivity index (χ2n) is 5.98. The zero-order valence-electron chi connectivity index (χ0n) is 15.1. The molecular weight excluding hydrogens is 380 g/mol. The Kier molecular flexibility index (Phi) is 7.73. The van der Waals surface area contributed by atoms with Crippen molar-refractivity contribution in [1.29, 1.82) is 0 Å². The number of carbonyl (C=O) groups excluding carboxylic acids is 1. The molecule has 1 aromatic carbocycles. The van der Waals surface area contributed by atoms with Crippen molar-refractivity contribution in [3.8, 4) is 11.5 Å². The van der Waals surface area contributed by atoms with Crippen LogP contribution in [-0.2, 0) is 21.1 Å². The van der Waals surface area contributed by atoms with Gasteiger partial charge in [0, 0.05) is 32.1 Å². The number of likely N-dealkylation sites (N-methyl/N-ethyl adjacent to an activating group) is 1. The number of aromatic nitrogens is 2. The van der Waals surface area contributed by atoms with Gasteiger partial charge in [0.1, 0.15) is 5.75 Å². The number of amides is 1. The van der Waals surface area contributed by atoms with Crippen LogP contribution in [0.5, 0.6) is 0 Å². The predicted molar refractivity (Wildman–Crippen MR) is 100.0 cm³/mol. The third-order valence-electron chi connectivity index (χ3n) is 3.72. The van der Waals surface area contributed by atoms with E-state index in [-0.39, 0.29) is 23.3 Å². The average molecular weight is 403 g/mol. The summed E-state index contributed by atoms with van der Waals surface area (Å²) in [5.74, 6) is -0.132. The number of hydrogen-bond donors (Lipinski definition) is 1. The molecule has 1 heterocycles. The molecule has 1 atom stereocenters. The quantitative estimate of drug-likeness (QED) is 0.740. The lowest BCUT2D eigenvalue weighted by molar-refractivity contribution is -0.125. The molecule has 0 saturated heterocycles. The normalized spacial score (nSPS) is 12.3. The van der Waals surface area contributed by atoms with Gasteiger partial charge in [0.2, 0.25) is 5.91 Å². The van der Waals surface area contributed by atoms with Gasteiger partial charge in [-0.25, -0.2) is 8.42 Å². The molecule has 0 saturated carbocycles. The van der Waals surface area contributed by atoms with Crippen LogP contribution >= 0.6 is 12.4 Å². The lowest BCUT2D eigenvalue weighted by Gasteiger charge is -2.10. The molecular formula is C16H23ClN4O4S. The summed E-state index contributed by atoms with van der Waals surface area (Å²) in [6.45, 7) is 2.00. The molecule has 0 radical (unpaired) electrons. The number of sulfone groups is 1. The van der Waals surface area contributed by atoms with E-state index >= 15 is 0 Å². The van der Waals surface area contributed by atoms with Gasteiger partial charge in [-0.05, 0) is 38.2 Å². The number of hydrogen-bond acceptors (Lipinski definition) is 7. The van der Waals surface area contributed by atoms with E-state index in [2.05, 4.69) is 15.5 Å².